The number of rotatable bonds is 4. The molecule has 1 atom stereocenters. The summed E-state index contributed by atoms with van der Waals surface area (Å²) in [6.07, 6.45) is 2.18. The minimum absolute atomic E-state index is 0.0488. The first-order valence-electron chi connectivity index (χ1n) is 6.17. The maximum atomic E-state index is 11.6. The molecular formula is C14H17NO3. The van der Waals surface area contributed by atoms with Gasteiger partial charge in [-0.15, -0.1) is 0 Å². The van der Waals surface area contributed by atoms with Crippen molar-refractivity contribution in [2.24, 2.45) is 0 Å². The van der Waals surface area contributed by atoms with Crippen LogP contribution in [0.3, 0.4) is 0 Å². The van der Waals surface area contributed by atoms with E-state index < -0.39 is 0 Å². The average molecular weight is 247 g/mol. The fraction of sp³-hybridized carbons (Fsp3) is 0.429. The van der Waals surface area contributed by atoms with E-state index in [9.17, 15) is 9.59 Å². The highest BCUT2D eigenvalue weighted by Crippen LogP contribution is 2.14. The van der Waals surface area contributed by atoms with Gasteiger partial charge in [-0.25, -0.2) is 0 Å². The molecule has 0 radical (unpaired) electrons. The Kier molecular flexibility index (Phi) is 3.97. The van der Waals surface area contributed by atoms with Crippen molar-refractivity contribution in [2.45, 2.75) is 32.2 Å². The summed E-state index contributed by atoms with van der Waals surface area (Å²) in [5, 5.41) is 2.70. The van der Waals surface area contributed by atoms with E-state index in [1.165, 1.54) is 0 Å². The standard InChI is InChI=1S/C14H17NO3/c1-10-5-7-11(8-6-10)18-9-14(17)15-12-3-2-4-13(12)16/h5-8,12H,2-4,9H2,1H3,(H,15,17)/t12-/m1/s1. The Morgan fingerprint density at radius 2 is 2.11 bits per heavy atom. The van der Waals surface area contributed by atoms with Crippen LogP contribution in [-0.4, -0.2) is 24.3 Å². The third-order valence-electron chi connectivity index (χ3n) is 3.03. The van der Waals surface area contributed by atoms with Crippen LogP contribution in [-0.2, 0) is 9.59 Å². The van der Waals surface area contributed by atoms with Crippen LogP contribution in [0.15, 0.2) is 24.3 Å². The Bertz CT molecular complexity index is 439. The highest BCUT2D eigenvalue weighted by atomic mass is 16.5. The Hall–Kier alpha value is -1.84. The molecule has 0 heterocycles. The van der Waals surface area contributed by atoms with E-state index >= 15 is 0 Å². The molecule has 1 aromatic carbocycles. The zero-order valence-electron chi connectivity index (χ0n) is 10.4. The molecule has 18 heavy (non-hydrogen) atoms. The van der Waals surface area contributed by atoms with Gasteiger partial charge in [0, 0.05) is 6.42 Å². The highest BCUT2D eigenvalue weighted by molar-refractivity contribution is 5.90. The third kappa shape index (κ3) is 3.32. The largest absolute Gasteiger partial charge is 0.484 e. The molecule has 1 aromatic rings. The predicted octanol–water partition coefficient (Wildman–Crippen LogP) is 1.61. The molecule has 96 valence electrons. The van der Waals surface area contributed by atoms with Crippen LogP contribution in [0.25, 0.3) is 0 Å². The summed E-state index contributed by atoms with van der Waals surface area (Å²) in [6, 6.07) is 7.19. The van der Waals surface area contributed by atoms with Crippen LogP contribution >= 0.6 is 0 Å². The minimum atomic E-state index is -0.306. The Morgan fingerprint density at radius 3 is 2.72 bits per heavy atom. The highest BCUT2D eigenvalue weighted by Gasteiger charge is 2.25. The Morgan fingerprint density at radius 1 is 1.39 bits per heavy atom. The lowest BCUT2D eigenvalue weighted by Gasteiger charge is -2.11. The van der Waals surface area contributed by atoms with Gasteiger partial charge >= 0.3 is 0 Å². The van der Waals surface area contributed by atoms with Gasteiger partial charge in [0.25, 0.3) is 5.91 Å². The van der Waals surface area contributed by atoms with Crippen molar-refractivity contribution >= 4 is 11.7 Å². The van der Waals surface area contributed by atoms with Gasteiger partial charge < -0.3 is 10.1 Å². The number of hydrogen-bond acceptors (Lipinski definition) is 3. The topological polar surface area (TPSA) is 55.4 Å². The van der Waals surface area contributed by atoms with Gasteiger partial charge in [0.05, 0.1) is 6.04 Å². The Balaban J connectivity index is 1.78. The number of ether oxygens (including phenoxy) is 1. The number of amides is 1. The van der Waals surface area contributed by atoms with E-state index in [0.717, 1.165) is 18.4 Å². The van der Waals surface area contributed by atoms with Crippen molar-refractivity contribution in [3.63, 3.8) is 0 Å². The second-order valence-electron chi connectivity index (χ2n) is 4.58. The van der Waals surface area contributed by atoms with Crippen LogP contribution in [0.2, 0.25) is 0 Å². The molecule has 1 aliphatic carbocycles. The summed E-state index contributed by atoms with van der Waals surface area (Å²) in [6.45, 7) is 1.94. The lowest BCUT2D eigenvalue weighted by molar-refractivity contribution is -0.127. The van der Waals surface area contributed by atoms with Crippen molar-refractivity contribution in [1.29, 1.82) is 0 Å². The molecule has 4 heteroatoms. The number of benzene rings is 1. The summed E-state index contributed by atoms with van der Waals surface area (Å²) in [7, 11) is 0. The van der Waals surface area contributed by atoms with Gasteiger partial charge in [-0.1, -0.05) is 17.7 Å². The van der Waals surface area contributed by atoms with Crippen molar-refractivity contribution < 1.29 is 14.3 Å². The first kappa shape index (κ1) is 12.6. The van der Waals surface area contributed by atoms with E-state index in [2.05, 4.69) is 5.32 Å². The molecule has 0 aliphatic heterocycles. The fourth-order valence-electron chi connectivity index (χ4n) is 1.99. The number of ketones is 1. The fourth-order valence-corrected chi connectivity index (χ4v) is 1.99. The number of Topliss-reactive ketones (excluding diaryl/α,β-unsaturated/α-hetero) is 1. The molecule has 1 amide bonds. The summed E-state index contributed by atoms with van der Waals surface area (Å²) in [5.74, 6) is 0.544. The summed E-state index contributed by atoms with van der Waals surface area (Å²) >= 11 is 0. The number of carbonyl (C=O) groups is 2. The van der Waals surface area contributed by atoms with Crippen molar-refractivity contribution in [1.82, 2.24) is 5.32 Å². The third-order valence-corrected chi connectivity index (χ3v) is 3.03. The van der Waals surface area contributed by atoms with Crippen LogP contribution in [0.5, 0.6) is 5.75 Å². The van der Waals surface area contributed by atoms with Crippen molar-refractivity contribution in [3.8, 4) is 5.75 Å². The molecule has 1 fully saturated rings. The monoisotopic (exact) mass is 247 g/mol. The number of carbonyl (C=O) groups excluding carboxylic acids is 2. The number of hydrogen-bond donors (Lipinski definition) is 1. The smallest absolute Gasteiger partial charge is 0.258 e. The second kappa shape index (κ2) is 5.67. The van der Waals surface area contributed by atoms with Gasteiger partial charge in [-0.3, -0.25) is 9.59 Å². The molecular weight excluding hydrogens is 230 g/mol. The number of aryl methyl sites for hydroxylation is 1. The average Bonchev–Trinajstić information content (AvgIpc) is 2.74. The van der Waals surface area contributed by atoms with Gasteiger partial charge in [-0.05, 0) is 31.9 Å². The quantitative estimate of drug-likeness (QED) is 0.879. The van der Waals surface area contributed by atoms with Gasteiger partial charge in [-0.2, -0.15) is 0 Å². The molecule has 0 spiro atoms. The molecule has 1 N–H and O–H groups in total. The number of nitrogens with one attached hydrogen (secondary N) is 1. The van der Waals surface area contributed by atoms with E-state index in [1.54, 1.807) is 0 Å². The van der Waals surface area contributed by atoms with Crippen LogP contribution in [0.1, 0.15) is 24.8 Å². The zero-order valence-corrected chi connectivity index (χ0v) is 10.4. The molecule has 1 saturated carbocycles. The van der Waals surface area contributed by atoms with Gasteiger partial charge in [0.2, 0.25) is 0 Å². The minimum Gasteiger partial charge on any atom is -0.484 e. The zero-order chi connectivity index (χ0) is 13.0. The van der Waals surface area contributed by atoms with Crippen LogP contribution in [0.4, 0.5) is 0 Å². The summed E-state index contributed by atoms with van der Waals surface area (Å²) in [4.78, 5) is 23.0. The van der Waals surface area contributed by atoms with Crippen molar-refractivity contribution in [2.75, 3.05) is 6.61 Å². The first-order valence-corrected chi connectivity index (χ1v) is 6.17. The van der Waals surface area contributed by atoms with E-state index in [1.807, 2.05) is 31.2 Å². The second-order valence-corrected chi connectivity index (χ2v) is 4.58. The molecule has 2 rings (SSSR count). The lowest BCUT2D eigenvalue weighted by atomic mass is 10.2. The van der Waals surface area contributed by atoms with Gasteiger partial charge in [0.15, 0.2) is 12.4 Å². The van der Waals surface area contributed by atoms with Crippen LogP contribution < -0.4 is 10.1 Å². The Labute approximate surface area is 106 Å². The van der Waals surface area contributed by atoms with E-state index in [4.69, 9.17) is 4.74 Å². The van der Waals surface area contributed by atoms with Crippen molar-refractivity contribution in [3.05, 3.63) is 29.8 Å². The first-order chi connectivity index (χ1) is 8.65. The molecule has 0 saturated heterocycles. The molecule has 0 unspecified atom stereocenters. The molecule has 0 aromatic heterocycles. The molecule has 1 aliphatic rings. The lowest BCUT2D eigenvalue weighted by Crippen LogP contribution is -2.40. The summed E-state index contributed by atoms with van der Waals surface area (Å²) in [5.41, 5.74) is 1.14. The van der Waals surface area contributed by atoms with Gasteiger partial charge in [0.1, 0.15) is 5.75 Å². The maximum absolute atomic E-state index is 11.6. The van der Waals surface area contributed by atoms with E-state index in [-0.39, 0.29) is 24.3 Å². The SMILES string of the molecule is Cc1ccc(OCC(=O)N[C@@H]2CCCC2=O)cc1. The van der Waals surface area contributed by atoms with Crippen LogP contribution in [0, 0.1) is 6.92 Å². The normalized spacial score (nSPS) is 18.7. The summed E-state index contributed by atoms with van der Waals surface area (Å²) < 4.78 is 5.34. The molecule has 0 bridgehead atoms. The maximum Gasteiger partial charge on any atom is 0.258 e. The van der Waals surface area contributed by atoms with E-state index in [0.29, 0.717) is 12.2 Å². The predicted molar refractivity (Wildman–Crippen MR) is 67.5 cm³/mol. The molecule has 4 nitrogen and oxygen atoms in total.